The van der Waals surface area contributed by atoms with E-state index in [1.54, 1.807) is 18.2 Å². The Bertz CT molecular complexity index is 611. The minimum atomic E-state index is -3.47. The van der Waals surface area contributed by atoms with E-state index in [4.69, 9.17) is 9.84 Å². The van der Waals surface area contributed by atoms with Gasteiger partial charge in [-0.05, 0) is 37.1 Å². The molecule has 1 saturated heterocycles. The van der Waals surface area contributed by atoms with Crippen LogP contribution in [-0.2, 0) is 10.0 Å². The number of sulfonamides is 1. The van der Waals surface area contributed by atoms with E-state index in [9.17, 15) is 8.42 Å². The van der Waals surface area contributed by atoms with Crippen molar-refractivity contribution in [2.24, 2.45) is 0 Å². The number of aliphatic hydroxyl groups is 1. The largest absolute Gasteiger partial charge is 0.493 e. The number of hydrogen-bond donors (Lipinski definition) is 1. The van der Waals surface area contributed by atoms with Crippen LogP contribution in [0.1, 0.15) is 18.9 Å². The van der Waals surface area contributed by atoms with Crippen LogP contribution in [-0.4, -0.2) is 68.7 Å². The summed E-state index contributed by atoms with van der Waals surface area (Å²) in [6.07, 6.45) is 0.914. The molecule has 2 rings (SSSR count). The minimum absolute atomic E-state index is 0.102. The van der Waals surface area contributed by atoms with Gasteiger partial charge in [-0.1, -0.05) is 6.92 Å². The van der Waals surface area contributed by atoms with Gasteiger partial charge >= 0.3 is 0 Å². The fourth-order valence-electron chi connectivity index (χ4n) is 2.64. The normalized spacial score (nSPS) is 17.3. The van der Waals surface area contributed by atoms with Crippen LogP contribution in [0.15, 0.2) is 23.1 Å². The summed E-state index contributed by atoms with van der Waals surface area (Å²) in [5, 5.41) is 8.95. The van der Waals surface area contributed by atoms with Crippen molar-refractivity contribution in [2.45, 2.75) is 25.2 Å². The molecule has 0 radical (unpaired) electrons. The van der Waals surface area contributed by atoms with Gasteiger partial charge in [-0.2, -0.15) is 4.31 Å². The molecule has 0 aromatic heterocycles. The highest BCUT2D eigenvalue weighted by Crippen LogP contribution is 2.24. The average molecular weight is 342 g/mol. The summed E-state index contributed by atoms with van der Waals surface area (Å²) in [6, 6.07) is 5.04. The average Bonchev–Trinajstić information content (AvgIpc) is 2.54. The number of β-amino-alcohol motifs (C(OH)–C–C–N with tert-alkyl or cyclic N) is 1. The predicted octanol–water partition coefficient (Wildman–Crippen LogP) is 1.08. The molecule has 0 amide bonds. The Kier molecular flexibility index (Phi) is 6.41. The van der Waals surface area contributed by atoms with Crippen LogP contribution in [0.2, 0.25) is 0 Å². The standard InChI is InChI=1S/C16H26N2O4S/c1-3-12-22-16-5-4-15(13-14(16)2)23(20,21)18-8-6-17(7-9-18)10-11-19/h4-5,13,19H,3,6-12H2,1-2H3. The smallest absolute Gasteiger partial charge is 0.243 e. The van der Waals surface area contributed by atoms with E-state index in [0.717, 1.165) is 17.7 Å². The van der Waals surface area contributed by atoms with Gasteiger partial charge in [-0.15, -0.1) is 0 Å². The minimum Gasteiger partial charge on any atom is -0.493 e. The summed E-state index contributed by atoms with van der Waals surface area (Å²) >= 11 is 0. The van der Waals surface area contributed by atoms with Crippen molar-refractivity contribution in [1.82, 2.24) is 9.21 Å². The zero-order valence-corrected chi connectivity index (χ0v) is 14.7. The topological polar surface area (TPSA) is 70.1 Å². The van der Waals surface area contributed by atoms with Gasteiger partial charge < -0.3 is 9.84 Å². The molecule has 7 heteroatoms. The third-order valence-corrected chi connectivity index (χ3v) is 5.89. The Balaban J connectivity index is 2.09. The van der Waals surface area contributed by atoms with Gasteiger partial charge in [0.1, 0.15) is 5.75 Å². The first kappa shape index (κ1) is 18.2. The van der Waals surface area contributed by atoms with E-state index in [-0.39, 0.29) is 6.61 Å². The van der Waals surface area contributed by atoms with Gasteiger partial charge in [0.25, 0.3) is 0 Å². The second-order valence-corrected chi connectivity index (χ2v) is 7.68. The van der Waals surface area contributed by atoms with Crippen LogP contribution in [0.25, 0.3) is 0 Å². The summed E-state index contributed by atoms with van der Waals surface area (Å²) in [5.41, 5.74) is 0.832. The second kappa shape index (κ2) is 8.10. The Labute approximate surface area is 138 Å². The molecule has 0 atom stereocenters. The number of aliphatic hydroxyl groups excluding tert-OH is 1. The van der Waals surface area contributed by atoms with E-state index in [2.05, 4.69) is 4.90 Å². The highest BCUT2D eigenvalue weighted by molar-refractivity contribution is 7.89. The molecule has 0 bridgehead atoms. The van der Waals surface area contributed by atoms with Crippen molar-refractivity contribution in [3.05, 3.63) is 23.8 Å². The molecule has 6 nitrogen and oxygen atoms in total. The van der Waals surface area contributed by atoms with E-state index < -0.39 is 10.0 Å². The van der Waals surface area contributed by atoms with Gasteiger partial charge in [-0.25, -0.2) is 8.42 Å². The van der Waals surface area contributed by atoms with E-state index >= 15 is 0 Å². The molecule has 130 valence electrons. The molecule has 1 aliphatic heterocycles. The van der Waals surface area contributed by atoms with Crippen LogP contribution >= 0.6 is 0 Å². The van der Waals surface area contributed by atoms with Gasteiger partial charge in [-0.3, -0.25) is 4.90 Å². The van der Waals surface area contributed by atoms with Crippen LogP contribution in [0.4, 0.5) is 0 Å². The predicted molar refractivity (Wildman–Crippen MR) is 89.2 cm³/mol. The van der Waals surface area contributed by atoms with Crippen LogP contribution in [0.5, 0.6) is 5.75 Å². The van der Waals surface area contributed by atoms with Crippen molar-refractivity contribution < 1.29 is 18.3 Å². The molecule has 0 saturated carbocycles. The summed E-state index contributed by atoms with van der Waals surface area (Å²) in [6.45, 7) is 7.42. The lowest BCUT2D eigenvalue weighted by Crippen LogP contribution is -2.49. The first-order valence-electron chi connectivity index (χ1n) is 8.06. The summed E-state index contributed by atoms with van der Waals surface area (Å²) in [5.74, 6) is 0.735. The van der Waals surface area contributed by atoms with Gasteiger partial charge in [0.2, 0.25) is 10.0 Å². The summed E-state index contributed by atoms with van der Waals surface area (Å²) < 4.78 is 32.6. The number of benzene rings is 1. The number of piperazine rings is 1. The molecule has 0 spiro atoms. The first-order valence-corrected chi connectivity index (χ1v) is 9.50. The maximum atomic E-state index is 12.7. The van der Waals surface area contributed by atoms with Crippen molar-refractivity contribution >= 4 is 10.0 Å². The van der Waals surface area contributed by atoms with Gasteiger partial charge in [0.05, 0.1) is 18.1 Å². The van der Waals surface area contributed by atoms with Crippen LogP contribution in [0.3, 0.4) is 0 Å². The lowest BCUT2D eigenvalue weighted by Gasteiger charge is -2.33. The maximum absolute atomic E-state index is 12.7. The monoisotopic (exact) mass is 342 g/mol. The molecule has 1 heterocycles. The zero-order valence-electron chi connectivity index (χ0n) is 13.9. The van der Waals surface area contributed by atoms with Crippen molar-refractivity contribution in [1.29, 1.82) is 0 Å². The second-order valence-electron chi connectivity index (χ2n) is 5.75. The fraction of sp³-hybridized carbons (Fsp3) is 0.625. The highest BCUT2D eigenvalue weighted by Gasteiger charge is 2.28. The van der Waals surface area contributed by atoms with Crippen molar-refractivity contribution in [3.8, 4) is 5.75 Å². The molecule has 23 heavy (non-hydrogen) atoms. The number of nitrogens with zero attached hydrogens (tertiary/aromatic N) is 2. The van der Waals surface area contributed by atoms with Crippen LogP contribution < -0.4 is 4.74 Å². The van der Waals surface area contributed by atoms with Crippen molar-refractivity contribution in [2.75, 3.05) is 45.9 Å². The zero-order chi connectivity index (χ0) is 16.9. The molecular weight excluding hydrogens is 316 g/mol. The SMILES string of the molecule is CCCOc1ccc(S(=O)(=O)N2CCN(CCO)CC2)cc1C. The first-order chi connectivity index (χ1) is 11.0. The number of ether oxygens (including phenoxy) is 1. The Morgan fingerprint density at radius 1 is 1.22 bits per heavy atom. The lowest BCUT2D eigenvalue weighted by molar-refractivity contribution is 0.151. The molecule has 1 aromatic rings. The quantitative estimate of drug-likeness (QED) is 0.803. The summed E-state index contributed by atoms with van der Waals surface area (Å²) in [4.78, 5) is 2.38. The Hall–Kier alpha value is -1.15. The highest BCUT2D eigenvalue weighted by atomic mass is 32.2. The van der Waals surface area contributed by atoms with E-state index in [1.165, 1.54) is 4.31 Å². The molecular formula is C16H26N2O4S. The van der Waals surface area contributed by atoms with E-state index in [1.807, 2.05) is 13.8 Å². The molecule has 1 aliphatic rings. The summed E-state index contributed by atoms with van der Waals surface area (Å²) in [7, 11) is -3.47. The molecule has 1 fully saturated rings. The molecule has 1 N–H and O–H groups in total. The Morgan fingerprint density at radius 3 is 2.48 bits per heavy atom. The van der Waals surface area contributed by atoms with Crippen molar-refractivity contribution in [3.63, 3.8) is 0 Å². The van der Waals surface area contributed by atoms with Crippen LogP contribution in [0, 0.1) is 6.92 Å². The fourth-order valence-corrected chi connectivity index (χ4v) is 4.15. The number of aryl methyl sites for hydroxylation is 1. The van der Waals surface area contributed by atoms with Gasteiger partial charge in [0, 0.05) is 32.7 Å². The third-order valence-electron chi connectivity index (χ3n) is 3.99. The lowest BCUT2D eigenvalue weighted by atomic mass is 10.2. The molecule has 0 aliphatic carbocycles. The number of hydrogen-bond acceptors (Lipinski definition) is 5. The third kappa shape index (κ3) is 4.44. The maximum Gasteiger partial charge on any atom is 0.243 e. The molecule has 0 unspecified atom stereocenters. The van der Waals surface area contributed by atoms with E-state index in [0.29, 0.717) is 44.2 Å². The van der Waals surface area contributed by atoms with Gasteiger partial charge in [0.15, 0.2) is 0 Å². The molecule has 1 aromatic carbocycles. The Morgan fingerprint density at radius 2 is 1.91 bits per heavy atom. The number of rotatable bonds is 7.